The largest absolute Gasteiger partial charge is 0.481 e. The summed E-state index contributed by atoms with van der Waals surface area (Å²) in [5.74, 6) is -0.491. The van der Waals surface area contributed by atoms with Crippen LogP contribution in [0.3, 0.4) is 0 Å². The summed E-state index contributed by atoms with van der Waals surface area (Å²) in [6.07, 6.45) is 0.156. The molecule has 0 atom stereocenters. The van der Waals surface area contributed by atoms with Crippen LogP contribution in [0.15, 0.2) is 0 Å². The van der Waals surface area contributed by atoms with Crippen molar-refractivity contribution in [3.63, 3.8) is 0 Å². The maximum absolute atomic E-state index is 9.88. The molecule has 0 fully saturated rings. The predicted octanol–water partition coefficient (Wildman–Crippen LogP) is 0.480. The topological polar surface area (TPSA) is 63.6 Å². The first-order valence-corrected chi connectivity index (χ1v) is 4.35. The van der Waals surface area contributed by atoms with E-state index in [0.717, 1.165) is 0 Å². The molecule has 0 rings (SSSR count). The Morgan fingerprint density at radius 2 is 1.92 bits per heavy atom. The number of rotatable bonds is 3. The lowest BCUT2D eigenvalue weighted by Gasteiger charge is -1.86. The van der Waals surface area contributed by atoms with Crippen molar-refractivity contribution < 1.29 is 19.4 Å². The van der Waals surface area contributed by atoms with Gasteiger partial charge in [-0.25, -0.2) is 0 Å². The molecule has 0 amide bonds. The van der Waals surface area contributed by atoms with Crippen LogP contribution in [0.1, 0.15) is 6.42 Å². The highest BCUT2D eigenvalue weighted by molar-refractivity contribution is 7.81. The monoisotopic (exact) mass is 212 g/mol. The first-order valence-electron chi connectivity index (χ1n) is 3.08. The summed E-state index contributed by atoms with van der Waals surface area (Å²) in [5.41, 5.74) is 0. The lowest BCUT2D eigenvalue weighted by molar-refractivity contribution is -0.138. The zero-order valence-electron chi connectivity index (χ0n) is 6.69. The molecule has 0 aromatic rings. The minimum atomic E-state index is -0.787. The van der Waals surface area contributed by atoms with Gasteiger partial charge in [-0.3, -0.25) is 9.59 Å². The van der Waals surface area contributed by atoms with Crippen LogP contribution in [0.2, 0.25) is 0 Å². The molecule has 0 aliphatic rings. The van der Waals surface area contributed by atoms with Crippen LogP contribution in [0.25, 0.3) is 0 Å². The molecule has 0 aliphatic heterocycles. The first kappa shape index (κ1) is 14.2. The molecule has 0 bridgehead atoms. The molecule has 0 saturated carbocycles. The Labute approximate surface area is 82.1 Å². The average molecular weight is 212 g/mol. The Hall–Kier alpha value is -0.360. The van der Waals surface area contributed by atoms with Crippen LogP contribution in [0, 0.1) is 0 Å². The van der Waals surface area contributed by atoms with Crippen LogP contribution >= 0.6 is 25.3 Å². The second-order valence-corrected chi connectivity index (χ2v) is 2.37. The van der Waals surface area contributed by atoms with Crippen molar-refractivity contribution in [2.45, 2.75) is 6.42 Å². The van der Waals surface area contributed by atoms with E-state index in [1.54, 1.807) is 0 Å². The molecule has 4 nitrogen and oxygen atoms in total. The maximum Gasteiger partial charge on any atom is 0.315 e. The number of methoxy groups -OCH3 is 1. The highest BCUT2D eigenvalue weighted by atomic mass is 32.1. The number of aliphatic carboxylic acids is 1. The van der Waals surface area contributed by atoms with Gasteiger partial charge in [0.2, 0.25) is 0 Å². The molecule has 0 spiro atoms. The second-order valence-electron chi connectivity index (χ2n) is 1.60. The van der Waals surface area contributed by atoms with Crippen molar-refractivity contribution in [3.05, 3.63) is 0 Å². The number of esters is 1. The number of hydrogen-bond acceptors (Lipinski definition) is 5. The van der Waals surface area contributed by atoms with E-state index in [1.165, 1.54) is 7.11 Å². The number of thiol groups is 2. The van der Waals surface area contributed by atoms with Crippen molar-refractivity contribution in [2.75, 3.05) is 18.6 Å². The van der Waals surface area contributed by atoms with E-state index >= 15 is 0 Å². The number of hydrogen-bond donors (Lipinski definition) is 3. The van der Waals surface area contributed by atoms with Crippen molar-refractivity contribution >= 4 is 37.2 Å². The van der Waals surface area contributed by atoms with E-state index in [9.17, 15) is 9.59 Å². The standard InChI is InChI=1S/2C3H6O2S/c1-5-3(4)2-6;4-3(5)1-2-6/h6H,2H2,1H3;6H,1-2H2,(H,4,5). The molecular formula is C6H12O4S2. The number of carbonyl (C=O) groups is 2. The van der Waals surface area contributed by atoms with E-state index in [0.29, 0.717) is 5.75 Å². The van der Waals surface area contributed by atoms with Gasteiger partial charge in [0.25, 0.3) is 0 Å². The van der Waals surface area contributed by atoms with Gasteiger partial charge in [0.15, 0.2) is 0 Å². The van der Waals surface area contributed by atoms with Gasteiger partial charge in [0.1, 0.15) is 0 Å². The minimum absolute atomic E-state index is 0.156. The Morgan fingerprint density at radius 3 is 1.92 bits per heavy atom. The van der Waals surface area contributed by atoms with E-state index in [-0.39, 0.29) is 18.1 Å². The third kappa shape index (κ3) is 16.3. The highest BCUT2D eigenvalue weighted by Gasteiger charge is 1.88. The van der Waals surface area contributed by atoms with Gasteiger partial charge in [0.05, 0.1) is 19.3 Å². The summed E-state index contributed by atoms with van der Waals surface area (Å²) in [6.45, 7) is 0. The van der Waals surface area contributed by atoms with Gasteiger partial charge >= 0.3 is 11.9 Å². The lowest BCUT2D eigenvalue weighted by atomic mass is 10.5. The van der Waals surface area contributed by atoms with Crippen molar-refractivity contribution in [2.24, 2.45) is 0 Å². The molecule has 0 unspecified atom stereocenters. The molecule has 6 heteroatoms. The van der Waals surface area contributed by atoms with Gasteiger partial charge in [0, 0.05) is 5.75 Å². The van der Waals surface area contributed by atoms with Crippen LogP contribution in [0.4, 0.5) is 0 Å². The number of carboxylic acid groups (broad SMARTS) is 1. The van der Waals surface area contributed by atoms with Gasteiger partial charge in [-0.15, -0.1) is 0 Å². The molecule has 0 aromatic carbocycles. The molecule has 0 radical (unpaired) electrons. The van der Waals surface area contributed by atoms with Crippen molar-refractivity contribution in [1.29, 1.82) is 0 Å². The number of ether oxygens (including phenoxy) is 1. The molecule has 0 aromatic heterocycles. The average Bonchev–Trinajstić information content (AvgIpc) is 2.04. The molecule has 0 heterocycles. The Kier molecular flexibility index (Phi) is 12.6. The van der Waals surface area contributed by atoms with Gasteiger partial charge < -0.3 is 9.84 Å². The van der Waals surface area contributed by atoms with Crippen LogP contribution in [0.5, 0.6) is 0 Å². The van der Waals surface area contributed by atoms with E-state index in [4.69, 9.17) is 5.11 Å². The minimum Gasteiger partial charge on any atom is -0.481 e. The van der Waals surface area contributed by atoms with E-state index in [1.807, 2.05) is 0 Å². The highest BCUT2D eigenvalue weighted by Crippen LogP contribution is 1.79. The second kappa shape index (κ2) is 10.6. The summed E-state index contributed by atoms with van der Waals surface area (Å²) in [5, 5.41) is 7.86. The van der Waals surface area contributed by atoms with Crippen molar-refractivity contribution in [3.8, 4) is 0 Å². The zero-order valence-corrected chi connectivity index (χ0v) is 8.48. The zero-order chi connectivity index (χ0) is 9.98. The third-order valence-electron chi connectivity index (χ3n) is 0.682. The molecule has 1 N–H and O–H groups in total. The molecule has 0 saturated heterocycles. The van der Waals surface area contributed by atoms with Crippen LogP contribution < -0.4 is 0 Å². The quantitative estimate of drug-likeness (QED) is 0.470. The smallest absolute Gasteiger partial charge is 0.315 e. The molecule has 0 aliphatic carbocycles. The molecule has 12 heavy (non-hydrogen) atoms. The fraction of sp³-hybridized carbons (Fsp3) is 0.667. The lowest BCUT2D eigenvalue weighted by Crippen LogP contribution is -1.99. The first-order chi connectivity index (χ1) is 5.58. The fourth-order valence-electron chi connectivity index (χ4n) is 0.160. The summed E-state index contributed by atoms with van der Waals surface area (Å²) in [6, 6.07) is 0. The SMILES string of the molecule is COC(=O)CS.O=C(O)CCS. The molecule has 72 valence electrons. The normalized spacial score (nSPS) is 7.92. The summed E-state index contributed by atoms with van der Waals surface area (Å²) in [4.78, 5) is 19.4. The fourth-order valence-corrected chi connectivity index (χ4v) is 0.481. The maximum atomic E-state index is 9.88. The van der Waals surface area contributed by atoms with Gasteiger partial charge in [-0.05, 0) is 0 Å². The van der Waals surface area contributed by atoms with Gasteiger partial charge in [-0.2, -0.15) is 25.3 Å². The number of carboxylic acids is 1. The summed E-state index contributed by atoms with van der Waals surface area (Å²) >= 11 is 7.30. The Bertz CT molecular complexity index is 132. The summed E-state index contributed by atoms with van der Waals surface area (Å²) in [7, 11) is 1.33. The Balaban J connectivity index is 0. The number of carbonyl (C=O) groups excluding carboxylic acids is 1. The summed E-state index contributed by atoms with van der Waals surface area (Å²) < 4.78 is 4.18. The van der Waals surface area contributed by atoms with Crippen molar-refractivity contribution in [1.82, 2.24) is 0 Å². The van der Waals surface area contributed by atoms with Crippen LogP contribution in [-0.2, 0) is 14.3 Å². The van der Waals surface area contributed by atoms with E-state index in [2.05, 4.69) is 30.0 Å². The molecular weight excluding hydrogens is 200 g/mol. The Morgan fingerprint density at radius 1 is 1.42 bits per heavy atom. The third-order valence-corrected chi connectivity index (χ3v) is 1.16. The van der Waals surface area contributed by atoms with Gasteiger partial charge in [-0.1, -0.05) is 0 Å². The van der Waals surface area contributed by atoms with E-state index < -0.39 is 5.97 Å². The predicted molar refractivity (Wildman–Crippen MR) is 52.0 cm³/mol. The van der Waals surface area contributed by atoms with Crippen LogP contribution in [-0.4, -0.2) is 35.7 Å².